The lowest BCUT2D eigenvalue weighted by molar-refractivity contribution is -0.120. The van der Waals surface area contributed by atoms with Gasteiger partial charge in [0.15, 0.2) is 11.5 Å². The van der Waals surface area contributed by atoms with Crippen molar-refractivity contribution in [2.75, 3.05) is 12.1 Å². The van der Waals surface area contributed by atoms with Gasteiger partial charge in [-0.15, -0.1) is 10.2 Å². The molecule has 0 atom stereocenters. The molecule has 0 fully saturated rings. The Morgan fingerprint density at radius 1 is 1.10 bits per heavy atom. The number of aromatic nitrogens is 2. The van der Waals surface area contributed by atoms with Crippen LogP contribution in [-0.4, -0.2) is 35.0 Å². The van der Waals surface area contributed by atoms with Crippen molar-refractivity contribution >= 4 is 34.5 Å². The number of hydrazone groups is 1. The van der Waals surface area contributed by atoms with Crippen molar-refractivity contribution in [1.29, 1.82) is 0 Å². The lowest BCUT2D eigenvalue weighted by Gasteiger charge is -2.00. The van der Waals surface area contributed by atoms with Gasteiger partial charge in [0.2, 0.25) is 17.8 Å². The highest BCUT2D eigenvalue weighted by molar-refractivity contribution is 7.15. The highest BCUT2D eigenvalue weighted by Gasteiger charge is 2.13. The van der Waals surface area contributed by atoms with Crippen molar-refractivity contribution in [3.8, 4) is 11.5 Å². The van der Waals surface area contributed by atoms with E-state index in [4.69, 9.17) is 9.47 Å². The predicted molar refractivity (Wildman–Crippen MR) is 106 cm³/mol. The Morgan fingerprint density at radius 2 is 1.93 bits per heavy atom. The molecular weight excluding hydrogens is 394 g/mol. The van der Waals surface area contributed by atoms with Gasteiger partial charge < -0.3 is 9.47 Å². The molecule has 0 spiro atoms. The summed E-state index contributed by atoms with van der Waals surface area (Å²) in [5, 5.41) is 15.2. The first kappa shape index (κ1) is 18.6. The Morgan fingerprint density at radius 3 is 2.79 bits per heavy atom. The van der Waals surface area contributed by atoms with Crippen LogP contribution in [0.5, 0.6) is 11.5 Å². The summed E-state index contributed by atoms with van der Waals surface area (Å²) in [6.07, 6.45) is 1.50. The molecule has 0 unspecified atom stereocenters. The zero-order chi connectivity index (χ0) is 20.1. The Kier molecular flexibility index (Phi) is 5.43. The average Bonchev–Trinajstić information content (AvgIpc) is 3.37. The maximum absolute atomic E-state index is 12.1. The summed E-state index contributed by atoms with van der Waals surface area (Å²) in [6.45, 7) is 0.197. The molecule has 0 saturated carbocycles. The van der Waals surface area contributed by atoms with Crippen molar-refractivity contribution in [1.82, 2.24) is 15.6 Å². The van der Waals surface area contributed by atoms with Crippen molar-refractivity contribution in [3.05, 3.63) is 64.7 Å². The zero-order valence-corrected chi connectivity index (χ0v) is 15.8. The number of hydrogen-bond donors (Lipinski definition) is 2. The number of benzene rings is 2. The first-order valence-corrected chi connectivity index (χ1v) is 9.39. The second-order valence-corrected chi connectivity index (χ2v) is 6.97. The van der Waals surface area contributed by atoms with Crippen molar-refractivity contribution in [2.45, 2.75) is 6.42 Å². The Labute approximate surface area is 169 Å². The molecule has 146 valence electrons. The quantitative estimate of drug-likeness (QED) is 0.477. The van der Waals surface area contributed by atoms with Crippen LogP contribution in [0.4, 0.5) is 5.13 Å². The van der Waals surface area contributed by atoms with Crippen LogP contribution in [0.3, 0.4) is 0 Å². The van der Waals surface area contributed by atoms with E-state index in [9.17, 15) is 9.59 Å². The zero-order valence-electron chi connectivity index (χ0n) is 15.0. The smallest absolute Gasteiger partial charge is 0.257 e. The minimum absolute atomic E-state index is 0.00263. The Balaban J connectivity index is 1.28. The van der Waals surface area contributed by atoms with Gasteiger partial charge in [0.25, 0.3) is 5.91 Å². The molecule has 3 aromatic rings. The molecule has 1 aromatic heterocycles. The summed E-state index contributed by atoms with van der Waals surface area (Å²) in [4.78, 5) is 24.1. The molecule has 2 amide bonds. The summed E-state index contributed by atoms with van der Waals surface area (Å²) in [5.41, 5.74) is 3.71. The third-order valence-electron chi connectivity index (χ3n) is 3.83. The normalized spacial score (nSPS) is 12.1. The van der Waals surface area contributed by atoms with Gasteiger partial charge in [0.1, 0.15) is 5.01 Å². The molecule has 2 N–H and O–H groups in total. The third-order valence-corrected chi connectivity index (χ3v) is 4.67. The average molecular weight is 409 g/mol. The number of hydrogen-bond acceptors (Lipinski definition) is 8. The largest absolute Gasteiger partial charge is 0.454 e. The van der Waals surface area contributed by atoms with Crippen molar-refractivity contribution in [3.63, 3.8) is 0 Å². The second kappa shape index (κ2) is 8.48. The van der Waals surface area contributed by atoms with Crippen LogP contribution < -0.4 is 20.2 Å². The molecule has 1 aliphatic rings. The van der Waals surface area contributed by atoms with Gasteiger partial charge in [-0.25, -0.2) is 5.43 Å². The number of carbonyl (C=O) groups excluding carboxylic acids is 2. The first-order valence-electron chi connectivity index (χ1n) is 8.58. The van der Waals surface area contributed by atoms with E-state index in [0.29, 0.717) is 27.2 Å². The minimum atomic E-state index is -0.348. The maximum atomic E-state index is 12.1. The van der Waals surface area contributed by atoms with E-state index < -0.39 is 0 Å². The molecule has 4 rings (SSSR count). The van der Waals surface area contributed by atoms with Crippen LogP contribution in [0.2, 0.25) is 0 Å². The molecule has 0 radical (unpaired) electrons. The van der Waals surface area contributed by atoms with Crippen molar-refractivity contribution < 1.29 is 19.1 Å². The third kappa shape index (κ3) is 4.74. The van der Waals surface area contributed by atoms with Crippen LogP contribution in [0.25, 0.3) is 0 Å². The molecule has 2 heterocycles. The van der Waals surface area contributed by atoms with E-state index in [1.165, 1.54) is 6.21 Å². The standard InChI is InChI=1S/C19H15N5O4S/c25-16(22-20-10-12-6-7-14-15(8-12)28-11-27-14)9-17-23-24-19(29-17)21-18(26)13-4-2-1-3-5-13/h1-8,10H,9,11H2,(H,22,25)(H,21,24,26). The molecule has 2 aromatic carbocycles. The van der Waals surface area contributed by atoms with E-state index in [2.05, 4.69) is 26.0 Å². The van der Waals surface area contributed by atoms with Crippen LogP contribution in [0.1, 0.15) is 20.9 Å². The van der Waals surface area contributed by atoms with Gasteiger partial charge in [0.05, 0.1) is 12.6 Å². The highest BCUT2D eigenvalue weighted by Crippen LogP contribution is 2.31. The highest BCUT2D eigenvalue weighted by atomic mass is 32.1. The number of carbonyl (C=O) groups is 2. The van der Waals surface area contributed by atoms with Gasteiger partial charge in [-0.3, -0.25) is 14.9 Å². The number of nitrogens with one attached hydrogen (secondary N) is 2. The molecule has 9 nitrogen and oxygen atoms in total. The lowest BCUT2D eigenvalue weighted by Crippen LogP contribution is -2.19. The monoisotopic (exact) mass is 409 g/mol. The van der Waals surface area contributed by atoms with Crippen LogP contribution in [0, 0.1) is 0 Å². The number of nitrogens with zero attached hydrogens (tertiary/aromatic N) is 3. The van der Waals surface area contributed by atoms with Crippen LogP contribution in [0.15, 0.2) is 53.6 Å². The van der Waals surface area contributed by atoms with Crippen LogP contribution >= 0.6 is 11.3 Å². The van der Waals surface area contributed by atoms with E-state index >= 15 is 0 Å². The number of rotatable bonds is 6. The first-order chi connectivity index (χ1) is 14.2. The SMILES string of the molecule is O=C(Cc1nnc(NC(=O)c2ccccc2)s1)NN=Cc1ccc2c(c1)OCO2. The summed E-state index contributed by atoms with van der Waals surface area (Å²) in [5.74, 6) is 0.682. The van der Waals surface area contributed by atoms with E-state index in [1.54, 1.807) is 42.5 Å². The van der Waals surface area contributed by atoms with Crippen molar-refractivity contribution in [2.24, 2.45) is 5.10 Å². The van der Waals surface area contributed by atoms with Crippen LogP contribution in [-0.2, 0) is 11.2 Å². The molecule has 0 bridgehead atoms. The minimum Gasteiger partial charge on any atom is -0.454 e. The second-order valence-electron chi connectivity index (χ2n) is 5.90. The molecule has 1 aliphatic heterocycles. The summed E-state index contributed by atoms with van der Waals surface area (Å²) in [7, 11) is 0. The Bertz CT molecular complexity index is 1070. The maximum Gasteiger partial charge on any atom is 0.257 e. The number of ether oxygens (including phenoxy) is 2. The summed E-state index contributed by atoms with van der Waals surface area (Å²) >= 11 is 1.13. The summed E-state index contributed by atoms with van der Waals surface area (Å²) < 4.78 is 10.5. The lowest BCUT2D eigenvalue weighted by atomic mass is 10.2. The van der Waals surface area contributed by atoms with E-state index in [1.807, 2.05) is 6.07 Å². The Hall–Kier alpha value is -3.79. The molecule has 0 aliphatic carbocycles. The van der Waals surface area contributed by atoms with E-state index in [0.717, 1.165) is 16.9 Å². The number of amides is 2. The molecular formula is C19H15N5O4S. The number of anilines is 1. The fourth-order valence-electron chi connectivity index (χ4n) is 2.48. The molecule has 10 heteroatoms. The van der Waals surface area contributed by atoms with Gasteiger partial charge in [-0.2, -0.15) is 5.10 Å². The fourth-order valence-corrected chi connectivity index (χ4v) is 3.22. The van der Waals surface area contributed by atoms with Gasteiger partial charge in [0, 0.05) is 5.56 Å². The molecule has 29 heavy (non-hydrogen) atoms. The van der Waals surface area contributed by atoms with E-state index in [-0.39, 0.29) is 25.0 Å². The van der Waals surface area contributed by atoms with Gasteiger partial charge in [-0.05, 0) is 35.9 Å². The summed E-state index contributed by atoms with van der Waals surface area (Å²) in [6, 6.07) is 14.1. The molecule has 0 saturated heterocycles. The number of fused-ring (bicyclic) bond motifs is 1. The van der Waals surface area contributed by atoms with Gasteiger partial charge >= 0.3 is 0 Å². The fraction of sp³-hybridized carbons (Fsp3) is 0.105. The predicted octanol–water partition coefficient (Wildman–Crippen LogP) is 2.21. The topological polar surface area (TPSA) is 115 Å². The van der Waals surface area contributed by atoms with Gasteiger partial charge in [-0.1, -0.05) is 29.5 Å².